The first kappa shape index (κ1) is 34.4. The maximum atomic E-state index is 5.01. The number of nitrogens with zero attached hydrogens (tertiary/aromatic N) is 3. The Hall–Kier alpha value is -6.71. The first-order valence-electron chi connectivity index (χ1n) is 18.7. The molecule has 0 unspecified atom stereocenters. The van der Waals surface area contributed by atoms with Gasteiger partial charge in [0.15, 0.2) is 17.5 Å². The van der Waals surface area contributed by atoms with Crippen molar-refractivity contribution in [1.29, 1.82) is 0 Å². The van der Waals surface area contributed by atoms with Crippen LogP contribution in [0.4, 0.5) is 0 Å². The molecule has 0 saturated heterocycles. The number of hydrogen-bond acceptors (Lipinski definition) is 3. The van der Waals surface area contributed by atoms with Gasteiger partial charge in [-0.25, -0.2) is 15.0 Å². The van der Waals surface area contributed by atoms with Crippen LogP contribution in [0.1, 0.15) is 38.1 Å². The third kappa shape index (κ3) is 7.58. The first-order valence-corrected chi connectivity index (χ1v) is 18.7. The second-order valence-corrected chi connectivity index (χ2v) is 13.5. The molecule has 7 aromatic rings. The van der Waals surface area contributed by atoms with Gasteiger partial charge >= 0.3 is 0 Å². The van der Waals surface area contributed by atoms with Crippen molar-refractivity contribution in [3.63, 3.8) is 0 Å². The maximum Gasteiger partial charge on any atom is 0.164 e. The molecule has 0 aliphatic heterocycles. The van der Waals surface area contributed by atoms with Gasteiger partial charge in [-0.1, -0.05) is 158 Å². The highest BCUT2D eigenvalue weighted by atomic mass is 15.0. The summed E-state index contributed by atoms with van der Waals surface area (Å²) in [5.41, 5.74) is 14.7. The highest BCUT2D eigenvalue weighted by molar-refractivity contribution is 5.85. The minimum absolute atomic E-state index is 0.662. The van der Waals surface area contributed by atoms with Crippen LogP contribution < -0.4 is 0 Å². The van der Waals surface area contributed by atoms with Crippen LogP contribution in [0, 0.1) is 0 Å². The van der Waals surface area contributed by atoms with E-state index in [4.69, 9.17) is 15.0 Å². The monoisotopic (exact) mass is 695 g/mol. The van der Waals surface area contributed by atoms with E-state index in [1.807, 2.05) is 30.3 Å². The van der Waals surface area contributed by atoms with Gasteiger partial charge in [0.1, 0.15) is 0 Å². The van der Waals surface area contributed by atoms with Crippen LogP contribution in [0.25, 0.3) is 78.4 Å². The molecule has 0 bridgehead atoms. The summed E-state index contributed by atoms with van der Waals surface area (Å²) >= 11 is 0. The van der Waals surface area contributed by atoms with Crippen LogP contribution in [0.5, 0.6) is 0 Å². The van der Waals surface area contributed by atoms with Crippen LogP contribution >= 0.6 is 0 Å². The van der Waals surface area contributed by atoms with E-state index >= 15 is 0 Å². The quantitative estimate of drug-likeness (QED) is 0.141. The number of hydrogen-bond donors (Lipinski definition) is 0. The van der Waals surface area contributed by atoms with Gasteiger partial charge in [0.25, 0.3) is 0 Å². The number of rotatable bonds is 9. The zero-order valence-corrected chi connectivity index (χ0v) is 30.7. The van der Waals surface area contributed by atoms with Gasteiger partial charge in [-0.05, 0) is 113 Å². The van der Waals surface area contributed by atoms with E-state index in [2.05, 4.69) is 172 Å². The lowest BCUT2D eigenvalue weighted by atomic mass is 9.91. The Balaban J connectivity index is 1.18. The zero-order chi connectivity index (χ0) is 36.7. The topological polar surface area (TPSA) is 38.7 Å². The Bertz CT molecular complexity index is 2540. The summed E-state index contributed by atoms with van der Waals surface area (Å²) in [5.74, 6) is 2.04. The summed E-state index contributed by atoms with van der Waals surface area (Å²) in [6, 6.07) is 53.9. The van der Waals surface area contributed by atoms with E-state index in [1.54, 1.807) is 0 Å². The molecule has 0 atom stereocenters. The molecule has 3 nitrogen and oxygen atoms in total. The van der Waals surface area contributed by atoms with E-state index in [0.717, 1.165) is 46.2 Å². The van der Waals surface area contributed by atoms with Gasteiger partial charge in [-0.2, -0.15) is 0 Å². The largest absolute Gasteiger partial charge is 0.208 e. The molecule has 3 heteroatoms. The van der Waals surface area contributed by atoms with Crippen LogP contribution in [0.2, 0.25) is 0 Å². The molecule has 0 N–H and O–H groups in total. The van der Waals surface area contributed by atoms with Crippen LogP contribution in [-0.4, -0.2) is 15.0 Å². The lowest BCUT2D eigenvalue weighted by Crippen LogP contribution is -2.03. The Morgan fingerprint density at radius 1 is 0.444 bits per heavy atom. The smallest absolute Gasteiger partial charge is 0.164 e. The Labute approximate surface area is 318 Å². The third-order valence-corrected chi connectivity index (χ3v) is 9.82. The fraction of sp³-hybridized carbons (Fsp3) is 0.0784. The minimum Gasteiger partial charge on any atom is -0.208 e. The molecule has 8 rings (SSSR count). The molecule has 0 amide bonds. The van der Waals surface area contributed by atoms with Gasteiger partial charge in [0, 0.05) is 16.7 Å². The van der Waals surface area contributed by atoms with E-state index in [0.29, 0.717) is 17.5 Å². The van der Waals surface area contributed by atoms with Crippen molar-refractivity contribution in [1.82, 2.24) is 15.0 Å². The summed E-state index contributed by atoms with van der Waals surface area (Å²) in [4.78, 5) is 14.9. The highest BCUT2D eigenvalue weighted by Crippen LogP contribution is 2.35. The standard InChI is InChI=1S/C51H41N3/c1-3-16-36(4-2)46-33-47(39-29-27-38(28-30-39)37-17-8-5-9-18-37)35-48(34-46)44-25-14-23-42(31-44)43-24-15-26-45(32-43)51-53-49(40-19-10-6-11-20-40)52-50(54-51)41-21-12-7-13-22-41/h3-6,8-12,14-35H,7,13H2,1-2H3/b16-3-,36-4+. The number of benzene rings is 6. The average molecular weight is 696 g/mol. The van der Waals surface area contributed by atoms with Crippen molar-refractivity contribution < 1.29 is 0 Å². The molecule has 1 aliphatic rings. The maximum absolute atomic E-state index is 5.01. The molecular weight excluding hydrogens is 655 g/mol. The number of allylic oxidation sites excluding steroid dienone is 8. The predicted molar refractivity (Wildman–Crippen MR) is 227 cm³/mol. The zero-order valence-electron chi connectivity index (χ0n) is 30.7. The normalized spacial score (nSPS) is 12.9. The van der Waals surface area contributed by atoms with Gasteiger partial charge < -0.3 is 0 Å². The summed E-state index contributed by atoms with van der Waals surface area (Å²) in [5, 5.41) is 0. The molecule has 0 spiro atoms. The Morgan fingerprint density at radius 3 is 1.54 bits per heavy atom. The lowest BCUT2D eigenvalue weighted by Gasteiger charge is -2.14. The molecule has 260 valence electrons. The molecule has 54 heavy (non-hydrogen) atoms. The summed E-state index contributed by atoms with van der Waals surface area (Å²) in [7, 11) is 0. The highest BCUT2D eigenvalue weighted by Gasteiger charge is 2.15. The lowest BCUT2D eigenvalue weighted by molar-refractivity contribution is 1.01. The number of aromatic nitrogens is 3. The Morgan fingerprint density at radius 2 is 0.926 bits per heavy atom. The van der Waals surface area contributed by atoms with Gasteiger partial charge in [0.2, 0.25) is 0 Å². The molecular formula is C51H41N3. The van der Waals surface area contributed by atoms with Crippen molar-refractivity contribution in [2.45, 2.75) is 26.7 Å². The first-order chi connectivity index (χ1) is 26.6. The second-order valence-electron chi connectivity index (χ2n) is 13.5. The van der Waals surface area contributed by atoms with Gasteiger partial charge in [-0.3, -0.25) is 0 Å². The molecule has 1 heterocycles. The Kier molecular flexibility index (Phi) is 10.1. The third-order valence-electron chi connectivity index (χ3n) is 9.82. The SMILES string of the molecule is C/C=C\C(=C/C)c1cc(-c2ccc(-c3ccccc3)cc2)cc(-c2cccc(-c3cccc(-c4nc(C5=CCCC=C5)nc(-c5ccccc5)n4)c3)c2)c1. The van der Waals surface area contributed by atoms with E-state index in [-0.39, 0.29) is 0 Å². The van der Waals surface area contributed by atoms with Gasteiger partial charge in [0.05, 0.1) is 0 Å². The molecule has 1 aliphatic carbocycles. The fourth-order valence-electron chi connectivity index (χ4n) is 7.00. The van der Waals surface area contributed by atoms with E-state index in [9.17, 15) is 0 Å². The van der Waals surface area contributed by atoms with Gasteiger partial charge in [-0.15, -0.1) is 0 Å². The minimum atomic E-state index is 0.662. The molecule has 0 fully saturated rings. The molecule has 6 aromatic carbocycles. The molecule has 0 radical (unpaired) electrons. The van der Waals surface area contributed by atoms with Crippen molar-refractivity contribution in [2.75, 3.05) is 0 Å². The van der Waals surface area contributed by atoms with Crippen LogP contribution in [0.15, 0.2) is 188 Å². The van der Waals surface area contributed by atoms with Crippen LogP contribution in [-0.2, 0) is 0 Å². The van der Waals surface area contributed by atoms with Crippen molar-refractivity contribution >= 4 is 11.1 Å². The van der Waals surface area contributed by atoms with Crippen LogP contribution in [0.3, 0.4) is 0 Å². The predicted octanol–water partition coefficient (Wildman–Crippen LogP) is 13.6. The summed E-state index contributed by atoms with van der Waals surface area (Å²) in [6.07, 6.45) is 15.0. The molecule has 0 saturated carbocycles. The van der Waals surface area contributed by atoms with E-state index in [1.165, 1.54) is 39.0 Å². The summed E-state index contributed by atoms with van der Waals surface area (Å²) < 4.78 is 0. The van der Waals surface area contributed by atoms with E-state index < -0.39 is 0 Å². The fourth-order valence-corrected chi connectivity index (χ4v) is 7.00. The van der Waals surface area contributed by atoms with Crippen molar-refractivity contribution in [2.24, 2.45) is 0 Å². The average Bonchev–Trinajstić information content (AvgIpc) is 3.26. The summed E-state index contributed by atoms with van der Waals surface area (Å²) in [6.45, 7) is 4.17. The molecule has 1 aromatic heterocycles. The second kappa shape index (κ2) is 15.9. The van der Waals surface area contributed by atoms with Crippen molar-refractivity contribution in [3.05, 3.63) is 200 Å². The van der Waals surface area contributed by atoms with Crippen molar-refractivity contribution in [3.8, 4) is 67.3 Å².